The lowest BCUT2D eigenvalue weighted by molar-refractivity contribution is 0.0697. The zero-order valence-electron chi connectivity index (χ0n) is 10.3. The molecule has 0 atom stereocenters. The highest BCUT2D eigenvalue weighted by Crippen LogP contribution is 2.35. The average molecular weight is 296 g/mol. The fraction of sp³-hybridized carbons (Fsp3) is 0.182. The monoisotopic (exact) mass is 296 g/mol. The smallest absolute Gasteiger partial charge is 0.335 e. The Balaban J connectivity index is 2.20. The zero-order valence-corrected chi connectivity index (χ0v) is 12.0. The first-order valence-electron chi connectivity index (χ1n) is 5.29. The predicted molar refractivity (Wildman–Crippen MR) is 76.2 cm³/mol. The van der Waals surface area contributed by atoms with Crippen LogP contribution in [-0.2, 0) is 0 Å². The van der Waals surface area contributed by atoms with Crippen LogP contribution in [0.25, 0.3) is 0 Å². The van der Waals surface area contributed by atoms with E-state index in [4.69, 9.17) is 10.8 Å². The van der Waals surface area contributed by atoms with Crippen molar-refractivity contribution < 1.29 is 9.90 Å². The van der Waals surface area contributed by atoms with E-state index in [0.717, 1.165) is 14.4 Å². The lowest BCUT2D eigenvalue weighted by Crippen LogP contribution is -2.07. The molecule has 19 heavy (non-hydrogen) atoms. The Hall–Kier alpha value is -1.80. The first kappa shape index (κ1) is 13.6. The normalized spacial score (nSPS) is 10.4. The minimum absolute atomic E-state index is 0.174. The Labute approximate surface area is 118 Å². The number of nitrogen functional groups attached to an aromatic ring is 1. The number of rotatable bonds is 4. The van der Waals surface area contributed by atoms with Crippen molar-refractivity contribution in [3.63, 3.8) is 0 Å². The molecular formula is C11H12N4O2S2. The number of carbonyl (C=O) groups is 1. The second-order valence-corrected chi connectivity index (χ2v) is 6.15. The second-order valence-electron chi connectivity index (χ2n) is 3.90. The molecule has 2 aromatic rings. The molecule has 100 valence electrons. The number of aromatic carboxylic acids is 1. The van der Waals surface area contributed by atoms with E-state index in [9.17, 15) is 4.79 Å². The highest BCUT2D eigenvalue weighted by atomic mass is 32.2. The summed E-state index contributed by atoms with van der Waals surface area (Å²) in [7, 11) is 3.79. The third-order valence-corrected chi connectivity index (χ3v) is 4.47. The van der Waals surface area contributed by atoms with Crippen LogP contribution in [0.1, 0.15) is 10.4 Å². The molecule has 1 aromatic carbocycles. The molecule has 0 radical (unpaired) electrons. The molecule has 0 saturated carbocycles. The van der Waals surface area contributed by atoms with E-state index in [1.54, 1.807) is 6.07 Å². The topological polar surface area (TPSA) is 92.3 Å². The molecule has 0 aliphatic heterocycles. The number of benzene rings is 1. The molecule has 0 saturated heterocycles. The number of anilines is 2. The third kappa shape index (κ3) is 3.15. The van der Waals surface area contributed by atoms with Gasteiger partial charge in [-0.3, -0.25) is 0 Å². The van der Waals surface area contributed by atoms with Crippen LogP contribution in [0.5, 0.6) is 0 Å². The largest absolute Gasteiger partial charge is 0.478 e. The molecule has 3 N–H and O–H groups in total. The van der Waals surface area contributed by atoms with Gasteiger partial charge in [-0.2, -0.15) is 0 Å². The summed E-state index contributed by atoms with van der Waals surface area (Å²) in [6, 6.07) is 4.65. The van der Waals surface area contributed by atoms with Gasteiger partial charge in [-0.1, -0.05) is 23.1 Å². The van der Waals surface area contributed by atoms with E-state index in [0.29, 0.717) is 5.69 Å². The van der Waals surface area contributed by atoms with Crippen LogP contribution in [0, 0.1) is 0 Å². The van der Waals surface area contributed by atoms with Gasteiger partial charge in [0, 0.05) is 24.7 Å². The van der Waals surface area contributed by atoms with Crippen molar-refractivity contribution in [1.29, 1.82) is 0 Å². The van der Waals surface area contributed by atoms with Gasteiger partial charge in [0.2, 0.25) is 5.13 Å². The molecule has 1 heterocycles. The van der Waals surface area contributed by atoms with Gasteiger partial charge in [0.25, 0.3) is 0 Å². The van der Waals surface area contributed by atoms with Crippen molar-refractivity contribution in [1.82, 2.24) is 10.2 Å². The number of aromatic nitrogens is 2. The number of nitrogens with two attached hydrogens (primary N) is 1. The van der Waals surface area contributed by atoms with Crippen LogP contribution in [0.4, 0.5) is 10.8 Å². The Kier molecular flexibility index (Phi) is 3.91. The molecule has 0 bridgehead atoms. The van der Waals surface area contributed by atoms with Crippen LogP contribution in [0.3, 0.4) is 0 Å². The van der Waals surface area contributed by atoms with Gasteiger partial charge < -0.3 is 15.7 Å². The highest BCUT2D eigenvalue weighted by Gasteiger charge is 2.11. The van der Waals surface area contributed by atoms with E-state index in [1.807, 2.05) is 19.0 Å². The molecule has 2 rings (SSSR count). The van der Waals surface area contributed by atoms with Crippen molar-refractivity contribution >= 4 is 39.9 Å². The van der Waals surface area contributed by atoms with Gasteiger partial charge in [0.15, 0.2) is 4.34 Å². The number of hydrogen-bond acceptors (Lipinski definition) is 7. The Morgan fingerprint density at radius 1 is 1.42 bits per heavy atom. The van der Waals surface area contributed by atoms with Gasteiger partial charge in [0.05, 0.1) is 5.56 Å². The molecule has 0 spiro atoms. The SMILES string of the molecule is CN(C)c1nnc(Sc2ccc(C(=O)O)cc2N)s1. The average Bonchev–Trinajstić information content (AvgIpc) is 2.80. The standard InChI is InChI=1S/C11H12N4O2S2/c1-15(2)10-13-14-11(19-10)18-8-4-3-6(9(16)17)5-7(8)12/h3-5H,12H2,1-2H3,(H,16,17). The lowest BCUT2D eigenvalue weighted by Gasteiger charge is -2.05. The molecule has 0 aliphatic rings. The molecule has 6 nitrogen and oxygen atoms in total. The van der Waals surface area contributed by atoms with Crippen molar-refractivity contribution in [3.05, 3.63) is 23.8 Å². The molecule has 8 heteroatoms. The molecule has 1 aromatic heterocycles. The van der Waals surface area contributed by atoms with Crippen molar-refractivity contribution in [2.45, 2.75) is 9.24 Å². The summed E-state index contributed by atoms with van der Waals surface area (Å²) in [5.41, 5.74) is 6.43. The minimum Gasteiger partial charge on any atom is -0.478 e. The van der Waals surface area contributed by atoms with Gasteiger partial charge in [-0.05, 0) is 18.2 Å². The molecule has 0 unspecified atom stereocenters. The fourth-order valence-electron chi connectivity index (χ4n) is 1.29. The first-order valence-corrected chi connectivity index (χ1v) is 6.92. The van der Waals surface area contributed by atoms with E-state index in [-0.39, 0.29) is 5.56 Å². The summed E-state index contributed by atoms with van der Waals surface area (Å²) < 4.78 is 0.762. The maximum absolute atomic E-state index is 10.8. The van der Waals surface area contributed by atoms with E-state index in [1.165, 1.54) is 35.2 Å². The first-order chi connectivity index (χ1) is 8.97. The number of hydrogen-bond donors (Lipinski definition) is 2. The van der Waals surface area contributed by atoms with E-state index in [2.05, 4.69) is 10.2 Å². The Morgan fingerprint density at radius 2 is 2.16 bits per heavy atom. The van der Waals surface area contributed by atoms with Gasteiger partial charge in [-0.15, -0.1) is 10.2 Å². The van der Waals surface area contributed by atoms with Crippen LogP contribution in [0.2, 0.25) is 0 Å². The van der Waals surface area contributed by atoms with Crippen LogP contribution >= 0.6 is 23.1 Å². The molecule has 0 aliphatic carbocycles. The minimum atomic E-state index is -0.992. The number of carboxylic acids is 1. The van der Waals surface area contributed by atoms with Crippen LogP contribution in [-0.4, -0.2) is 35.4 Å². The summed E-state index contributed by atoms with van der Waals surface area (Å²) in [6.07, 6.45) is 0. The third-order valence-electron chi connectivity index (χ3n) is 2.23. The molecule has 0 fully saturated rings. The number of nitrogens with zero attached hydrogens (tertiary/aromatic N) is 3. The summed E-state index contributed by atoms with van der Waals surface area (Å²) in [4.78, 5) is 13.5. The Bertz CT molecular complexity index is 612. The second kappa shape index (κ2) is 5.45. The fourth-order valence-corrected chi connectivity index (χ4v) is 3.04. The van der Waals surface area contributed by atoms with Crippen molar-refractivity contribution in [3.8, 4) is 0 Å². The van der Waals surface area contributed by atoms with Gasteiger partial charge in [-0.25, -0.2) is 4.79 Å². The Morgan fingerprint density at radius 3 is 2.68 bits per heavy atom. The summed E-state index contributed by atoms with van der Waals surface area (Å²) in [6.45, 7) is 0. The lowest BCUT2D eigenvalue weighted by atomic mass is 10.2. The molecule has 0 amide bonds. The summed E-state index contributed by atoms with van der Waals surface area (Å²) in [5, 5.41) is 17.7. The summed E-state index contributed by atoms with van der Waals surface area (Å²) in [5.74, 6) is -0.992. The highest BCUT2D eigenvalue weighted by molar-refractivity contribution is 8.01. The zero-order chi connectivity index (χ0) is 14.0. The molecular weight excluding hydrogens is 284 g/mol. The van der Waals surface area contributed by atoms with E-state index < -0.39 is 5.97 Å². The predicted octanol–water partition coefficient (Wildman–Crippen LogP) is 2.04. The number of carboxylic acid groups (broad SMARTS) is 1. The maximum atomic E-state index is 10.8. The van der Waals surface area contributed by atoms with E-state index >= 15 is 0 Å². The quantitative estimate of drug-likeness (QED) is 0.834. The van der Waals surface area contributed by atoms with Crippen LogP contribution < -0.4 is 10.6 Å². The van der Waals surface area contributed by atoms with Gasteiger partial charge >= 0.3 is 5.97 Å². The van der Waals surface area contributed by atoms with Crippen LogP contribution in [0.15, 0.2) is 27.4 Å². The van der Waals surface area contributed by atoms with Crippen molar-refractivity contribution in [2.75, 3.05) is 24.7 Å². The van der Waals surface area contributed by atoms with Crippen molar-refractivity contribution in [2.24, 2.45) is 0 Å². The van der Waals surface area contributed by atoms with Gasteiger partial charge in [0.1, 0.15) is 0 Å². The maximum Gasteiger partial charge on any atom is 0.335 e. The summed E-state index contributed by atoms with van der Waals surface area (Å²) >= 11 is 2.82.